The van der Waals surface area contributed by atoms with Crippen molar-refractivity contribution in [2.45, 2.75) is 6.04 Å². The molecule has 0 radical (unpaired) electrons. The molecule has 1 aliphatic heterocycles. The van der Waals surface area contributed by atoms with E-state index in [1.165, 1.54) is 0 Å². The summed E-state index contributed by atoms with van der Waals surface area (Å²) in [7, 11) is -1.31. The highest BCUT2D eigenvalue weighted by Crippen LogP contribution is 2.17. The number of hydrogen-bond donors (Lipinski definition) is 1. The molecular weight excluding hydrogens is 254 g/mol. The lowest BCUT2D eigenvalue weighted by Crippen LogP contribution is -2.48. The topological polar surface area (TPSA) is 64.6 Å². The van der Waals surface area contributed by atoms with Crippen LogP contribution in [0.5, 0.6) is 11.5 Å². The Balaban J connectivity index is 1.87. The molecule has 1 aliphatic rings. The monoisotopic (exact) mass is 271 g/mol. The van der Waals surface area contributed by atoms with E-state index < -0.39 is 9.84 Å². The maximum atomic E-state index is 11.4. The molecule has 0 saturated carbocycles. The van der Waals surface area contributed by atoms with Crippen LogP contribution in [0.25, 0.3) is 0 Å². The van der Waals surface area contributed by atoms with Crippen LogP contribution in [0.4, 0.5) is 0 Å². The molecule has 0 amide bonds. The molecule has 1 aromatic carbocycles. The minimum atomic E-state index is -2.91. The van der Waals surface area contributed by atoms with Gasteiger partial charge in [0.25, 0.3) is 0 Å². The molecular formula is C12H17NO4S. The number of hydrogen-bond acceptors (Lipinski definition) is 5. The third-order valence-electron chi connectivity index (χ3n) is 2.81. The molecule has 1 atom stereocenters. The fraction of sp³-hybridized carbons (Fsp3) is 0.500. The highest BCUT2D eigenvalue weighted by molar-refractivity contribution is 7.91. The van der Waals surface area contributed by atoms with Crippen LogP contribution in [-0.2, 0) is 9.84 Å². The van der Waals surface area contributed by atoms with E-state index in [0.717, 1.165) is 5.75 Å². The van der Waals surface area contributed by atoms with Crippen molar-refractivity contribution in [1.29, 1.82) is 0 Å². The van der Waals surface area contributed by atoms with E-state index in [1.54, 1.807) is 31.4 Å². The lowest BCUT2D eigenvalue weighted by Gasteiger charge is -2.23. The molecule has 1 aromatic rings. The van der Waals surface area contributed by atoms with E-state index >= 15 is 0 Å². The Morgan fingerprint density at radius 3 is 2.56 bits per heavy atom. The molecule has 1 fully saturated rings. The molecule has 2 rings (SSSR count). The molecule has 1 heterocycles. The first-order valence-electron chi connectivity index (χ1n) is 5.80. The first kappa shape index (κ1) is 13.2. The van der Waals surface area contributed by atoms with Crippen LogP contribution >= 0.6 is 0 Å². The summed E-state index contributed by atoms with van der Waals surface area (Å²) in [6, 6.07) is 7.08. The van der Waals surface area contributed by atoms with Gasteiger partial charge in [-0.15, -0.1) is 0 Å². The lowest BCUT2D eigenvalue weighted by molar-refractivity contribution is 0.273. The molecule has 1 N–H and O–H groups in total. The Morgan fingerprint density at radius 2 is 1.94 bits per heavy atom. The van der Waals surface area contributed by atoms with Gasteiger partial charge in [-0.1, -0.05) is 0 Å². The molecule has 0 bridgehead atoms. The van der Waals surface area contributed by atoms with E-state index in [2.05, 4.69) is 5.32 Å². The maximum absolute atomic E-state index is 11.4. The average molecular weight is 271 g/mol. The van der Waals surface area contributed by atoms with Crippen LogP contribution in [0.15, 0.2) is 24.3 Å². The SMILES string of the molecule is COc1ccc(OCC2CS(=O)(=O)CCN2)cc1. The van der Waals surface area contributed by atoms with Crippen molar-refractivity contribution in [3.63, 3.8) is 0 Å². The van der Waals surface area contributed by atoms with E-state index in [9.17, 15) is 8.42 Å². The largest absolute Gasteiger partial charge is 0.497 e. The zero-order chi connectivity index (χ0) is 13.0. The van der Waals surface area contributed by atoms with Gasteiger partial charge >= 0.3 is 0 Å². The summed E-state index contributed by atoms with van der Waals surface area (Å²) in [5, 5.41) is 3.14. The summed E-state index contributed by atoms with van der Waals surface area (Å²) in [6.45, 7) is 0.852. The van der Waals surface area contributed by atoms with Crippen LogP contribution in [0.2, 0.25) is 0 Å². The Bertz CT molecular complexity index is 483. The predicted octanol–water partition coefficient (Wildman–Crippen LogP) is 0.461. The highest BCUT2D eigenvalue weighted by atomic mass is 32.2. The molecule has 0 aliphatic carbocycles. The van der Waals surface area contributed by atoms with Gasteiger partial charge in [0.15, 0.2) is 9.84 Å². The Labute approximate surface area is 107 Å². The Kier molecular flexibility index (Phi) is 4.08. The predicted molar refractivity (Wildman–Crippen MR) is 68.9 cm³/mol. The van der Waals surface area contributed by atoms with Gasteiger partial charge in [0.05, 0.1) is 24.7 Å². The first-order chi connectivity index (χ1) is 8.59. The second kappa shape index (κ2) is 5.58. The van der Waals surface area contributed by atoms with Crippen LogP contribution in [-0.4, -0.2) is 46.2 Å². The van der Waals surface area contributed by atoms with E-state index in [0.29, 0.717) is 18.9 Å². The third kappa shape index (κ3) is 3.61. The molecule has 1 unspecified atom stereocenters. The van der Waals surface area contributed by atoms with Crippen LogP contribution in [0, 0.1) is 0 Å². The van der Waals surface area contributed by atoms with Crippen LogP contribution in [0.3, 0.4) is 0 Å². The van der Waals surface area contributed by atoms with Gasteiger partial charge in [-0.3, -0.25) is 0 Å². The van der Waals surface area contributed by atoms with Crippen molar-refractivity contribution in [1.82, 2.24) is 5.32 Å². The molecule has 1 saturated heterocycles. The minimum Gasteiger partial charge on any atom is -0.497 e. The summed E-state index contributed by atoms with van der Waals surface area (Å²) in [4.78, 5) is 0. The number of sulfone groups is 1. The third-order valence-corrected chi connectivity index (χ3v) is 4.55. The second-order valence-corrected chi connectivity index (χ2v) is 6.48. The van der Waals surface area contributed by atoms with Gasteiger partial charge in [0, 0.05) is 6.54 Å². The molecule has 100 valence electrons. The Hall–Kier alpha value is -1.27. The summed E-state index contributed by atoms with van der Waals surface area (Å²) in [5.41, 5.74) is 0. The van der Waals surface area contributed by atoms with Crippen LogP contribution in [0.1, 0.15) is 0 Å². The smallest absolute Gasteiger partial charge is 0.153 e. The molecule has 18 heavy (non-hydrogen) atoms. The van der Waals surface area contributed by atoms with Gasteiger partial charge in [0.2, 0.25) is 0 Å². The lowest BCUT2D eigenvalue weighted by atomic mass is 10.3. The van der Waals surface area contributed by atoms with Crippen molar-refractivity contribution in [2.75, 3.05) is 31.8 Å². The van der Waals surface area contributed by atoms with E-state index in [-0.39, 0.29) is 17.5 Å². The number of benzene rings is 1. The zero-order valence-electron chi connectivity index (χ0n) is 10.3. The first-order valence-corrected chi connectivity index (χ1v) is 7.62. The number of methoxy groups -OCH3 is 1. The highest BCUT2D eigenvalue weighted by Gasteiger charge is 2.24. The minimum absolute atomic E-state index is 0.133. The fourth-order valence-corrected chi connectivity index (χ4v) is 3.27. The molecule has 6 heteroatoms. The van der Waals surface area contributed by atoms with Crippen molar-refractivity contribution in [2.24, 2.45) is 0 Å². The summed E-state index contributed by atoms with van der Waals surface area (Å²) in [5.74, 6) is 1.83. The van der Waals surface area contributed by atoms with E-state index in [4.69, 9.17) is 9.47 Å². The standard InChI is InChI=1S/C12H17NO4S/c1-16-11-2-4-12(5-3-11)17-8-10-9-18(14,15)7-6-13-10/h2-5,10,13H,6-9H2,1H3. The fourth-order valence-electron chi connectivity index (χ4n) is 1.84. The quantitative estimate of drug-likeness (QED) is 0.862. The van der Waals surface area contributed by atoms with Crippen molar-refractivity contribution in [3.8, 4) is 11.5 Å². The van der Waals surface area contributed by atoms with Crippen molar-refractivity contribution in [3.05, 3.63) is 24.3 Å². The van der Waals surface area contributed by atoms with Gasteiger partial charge in [-0.05, 0) is 24.3 Å². The summed E-state index contributed by atoms with van der Waals surface area (Å²) >= 11 is 0. The zero-order valence-corrected chi connectivity index (χ0v) is 11.1. The van der Waals surface area contributed by atoms with Gasteiger partial charge in [0.1, 0.15) is 18.1 Å². The second-order valence-electron chi connectivity index (χ2n) is 4.25. The average Bonchev–Trinajstić information content (AvgIpc) is 2.36. The van der Waals surface area contributed by atoms with Crippen molar-refractivity contribution < 1.29 is 17.9 Å². The number of ether oxygens (including phenoxy) is 2. The maximum Gasteiger partial charge on any atom is 0.153 e. The van der Waals surface area contributed by atoms with Gasteiger partial charge in [-0.25, -0.2) is 8.42 Å². The Morgan fingerprint density at radius 1 is 1.28 bits per heavy atom. The summed E-state index contributed by atoms with van der Waals surface area (Å²) in [6.07, 6.45) is 0. The number of nitrogens with one attached hydrogen (secondary N) is 1. The van der Waals surface area contributed by atoms with Crippen molar-refractivity contribution >= 4 is 9.84 Å². The van der Waals surface area contributed by atoms with Crippen LogP contribution < -0.4 is 14.8 Å². The normalized spacial score (nSPS) is 22.4. The molecule has 0 aromatic heterocycles. The van der Waals surface area contributed by atoms with E-state index in [1.807, 2.05) is 0 Å². The van der Waals surface area contributed by atoms with Gasteiger partial charge < -0.3 is 14.8 Å². The number of rotatable bonds is 4. The summed E-state index contributed by atoms with van der Waals surface area (Å²) < 4.78 is 33.5. The molecule has 0 spiro atoms. The van der Waals surface area contributed by atoms with Gasteiger partial charge in [-0.2, -0.15) is 0 Å². The molecule has 5 nitrogen and oxygen atoms in total.